The number of aliphatic hydroxyl groups is 1. The van der Waals surface area contributed by atoms with E-state index in [0.717, 1.165) is 30.8 Å². The van der Waals surface area contributed by atoms with Crippen LogP contribution in [0.25, 0.3) is 0 Å². The monoisotopic (exact) mass is 262 g/mol. The average Bonchev–Trinajstić information content (AvgIpc) is 2.39. The molecule has 1 heterocycles. The molecule has 104 valence electrons. The first-order valence-corrected chi connectivity index (χ1v) is 6.90. The van der Waals surface area contributed by atoms with Gasteiger partial charge in [0.1, 0.15) is 0 Å². The van der Waals surface area contributed by atoms with Gasteiger partial charge in [0.25, 0.3) is 0 Å². The molecule has 0 aromatic heterocycles. The summed E-state index contributed by atoms with van der Waals surface area (Å²) in [6.45, 7) is 5.57. The Morgan fingerprint density at radius 1 is 1.42 bits per heavy atom. The number of nitrogens with zero attached hydrogens (tertiary/aromatic N) is 1. The molecule has 1 fully saturated rings. The molecule has 1 aliphatic heterocycles. The summed E-state index contributed by atoms with van der Waals surface area (Å²) >= 11 is 0. The normalized spacial score (nSPS) is 21.0. The summed E-state index contributed by atoms with van der Waals surface area (Å²) in [6, 6.07) is 7.29. The van der Waals surface area contributed by atoms with Gasteiger partial charge < -0.3 is 15.3 Å². The van der Waals surface area contributed by atoms with Crippen LogP contribution in [-0.4, -0.2) is 29.1 Å². The number of piperidine rings is 1. The van der Waals surface area contributed by atoms with E-state index in [1.165, 1.54) is 6.42 Å². The van der Waals surface area contributed by atoms with Crippen LogP contribution in [0.15, 0.2) is 24.3 Å². The molecule has 4 nitrogen and oxygen atoms in total. The molecule has 1 aromatic rings. The van der Waals surface area contributed by atoms with Crippen LogP contribution in [0, 0.1) is 5.92 Å². The van der Waals surface area contributed by atoms with Crippen molar-refractivity contribution in [2.45, 2.75) is 32.8 Å². The van der Waals surface area contributed by atoms with Crippen LogP contribution in [0.2, 0.25) is 0 Å². The second-order valence-corrected chi connectivity index (χ2v) is 5.42. The third-order valence-electron chi connectivity index (χ3n) is 3.59. The second-order valence-electron chi connectivity index (χ2n) is 5.42. The second kappa shape index (κ2) is 6.06. The third kappa shape index (κ3) is 3.70. The van der Waals surface area contributed by atoms with Crippen molar-refractivity contribution >= 4 is 11.7 Å². The Morgan fingerprint density at radius 3 is 2.68 bits per heavy atom. The van der Waals surface area contributed by atoms with E-state index in [4.69, 9.17) is 0 Å². The van der Waals surface area contributed by atoms with Gasteiger partial charge in [-0.3, -0.25) is 0 Å². The maximum atomic E-state index is 12.1. The van der Waals surface area contributed by atoms with E-state index in [9.17, 15) is 9.90 Å². The number of anilines is 1. The lowest BCUT2D eigenvalue weighted by Crippen LogP contribution is -2.41. The van der Waals surface area contributed by atoms with E-state index in [2.05, 4.69) is 12.2 Å². The number of amides is 2. The zero-order valence-corrected chi connectivity index (χ0v) is 11.6. The highest BCUT2D eigenvalue weighted by Gasteiger charge is 2.20. The number of carbonyl (C=O) groups excluding carboxylic acids is 1. The Balaban J connectivity index is 1.94. The highest BCUT2D eigenvalue weighted by molar-refractivity contribution is 5.89. The van der Waals surface area contributed by atoms with E-state index in [1.807, 2.05) is 29.2 Å². The number of carbonyl (C=O) groups is 1. The number of benzene rings is 1. The van der Waals surface area contributed by atoms with Gasteiger partial charge in [-0.2, -0.15) is 0 Å². The van der Waals surface area contributed by atoms with Gasteiger partial charge in [-0.05, 0) is 43.4 Å². The minimum absolute atomic E-state index is 0.0312. The molecule has 0 bridgehead atoms. The van der Waals surface area contributed by atoms with Gasteiger partial charge in [0.2, 0.25) is 0 Å². The lowest BCUT2D eigenvalue weighted by atomic mass is 10.0. The SMILES string of the molecule is CC1CCCN(C(=O)Nc2ccc(C(C)O)cc2)C1. The fourth-order valence-corrected chi connectivity index (χ4v) is 2.42. The number of likely N-dealkylation sites (tertiary alicyclic amines) is 1. The first kappa shape index (κ1) is 13.9. The van der Waals surface area contributed by atoms with Gasteiger partial charge in [-0.25, -0.2) is 4.79 Å². The predicted molar refractivity (Wildman–Crippen MR) is 76.1 cm³/mol. The van der Waals surface area contributed by atoms with Crippen molar-refractivity contribution in [3.63, 3.8) is 0 Å². The van der Waals surface area contributed by atoms with Crippen molar-refractivity contribution in [3.05, 3.63) is 29.8 Å². The van der Waals surface area contributed by atoms with Gasteiger partial charge in [0, 0.05) is 18.8 Å². The predicted octanol–water partition coefficient (Wildman–Crippen LogP) is 3.00. The maximum Gasteiger partial charge on any atom is 0.321 e. The molecular weight excluding hydrogens is 240 g/mol. The van der Waals surface area contributed by atoms with E-state index >= 15 is 0 Å². The quantitative estimate of drug-likeness (QED) is 0.860. The zero-order valence-electron chi connectivity index (χ0n) is 11.6. The molecule has 0 saturated carbocycles. The molecule has 0 spiro atoms. The molecule has 1 saturated heterocycles. The lowest BCUT2D eigenvalue weighted by molar-refractivity contribution is 0.182. The minimum atomic E-state index is -0.479. The number of hydrogen-bond donors (Lipinski definition) is 2. The summed E-state index contributed by atoms with van der Waals surface area (Å²) in [5.74, 6) is 0.581. The number of hydrogen-bond acceptors (Lipinski definition) is 2. The molecular formula is C15H22N2O2. The minimum Gasteiger partial charge on any atom is -0.389 e. The third-order valence-corrected chi connectivity index (χ3v) is 3.59. The molecule has 2 atom stereocenters. The number of aliphatic hydroxyl groups excluding tert-OH is 1. The Labute approximate surface area is 114 Å². The van der Waals surface area contributed by atoms with Crippen molar-refractivity contribution in [2.24, 2.45) is 5.92 Å². The smallest absolute Gasteiger partial charge is 0.321 e. The van der Waals surface area contributed by atoms with E-state index < -0.39 is 6.10 Å². The molecule has 4 heteroatoms. The first-order chi connectivity index (χ1) is 9.06. The molecule has 19 heavy (non-hydrogen) atoms. The van der Waals surface area contributed by atoms with Crippen molar-refractivity contribution in [3.8, 4) is 0 Å². The molecule has 1 aliphatic rings. The fraction of sp³-hybridized carbons (Fsp3) is 0.533. The first-order valence-electron chi connectivity index (χ1n) is 6.90. The largest absolute Gasteiger partial charge is 0.389 e. The summed E-state index contributed by atoms with van der Waals surface area (Å²) in [4.78, 5) is 14.0. The summed E-state index contributed by atoms with van der Waals surface area (Å²) in [7, 11) is 0. The zero-order chi connectivity index (χ0) is 13.8. The van der Waals surface area contributed by atoms with Crippen LogP contribution in [0.1, 0.15) is 38.4 Å². The maximum absolute atomic E-state index is 12.1. The van der Waals surface area contributed by atoms with E-state index in [-0.39, 0.29) is 6.03 Å². The van der Waals surface area contributed by atoms with Gasteiger partial charge in [-0.15, -0.1) is 0 Å². The Kier molecular flexibility index (Phi) is 4.43. The molecule has 2 rings (SSSR count). The number of nitrogens with one attached hydrogen (secondary N) is 1. The Hall–Kier alpha value is -1.55. The molecule has 2 N–H and O–H groups in total. The number of rotatable bonds is 2. The highest BCUT2D eigenvalue weighted by Crippen LogP contribution is 2.18. The van der Waals surface area contributed by atoms with Crippen LogP contribution in [0.5, 0.6) is 0 Å². The van der Waals surface area contributed by atoms with Crippen LogP contribution in [-0.2, 0) is 0 Å². The summed E-state index contributed by atoms with van der Waals surface area (Å²) in [5, 5.41) is 12.3. The van der Waals surface area contributed by atoms with E-state index in [0.29, 0.717) is 5.92 Å². The average molecular weight is 262 g/mol. The van der Waals surface area contributed by atoms with Crippen molar-refractivity contribution in [1.82, 2.24) is 4.90 Å². The van der Waals surface area contributed by atoms with Crippen LogP contribution < -0.4 is 5.32 Å². The van der Waals surface area contributed by atoms with Crippen molar-refractivity contribution in [2.75, 3.05) is 18.4 Å². The Bertz CT molecular complexity index is 428. The fourth-order valence-electron chi connectivity index (χ4n) is 2.42. The molecule has 2 amide bonds. The Morgan fingerprint density at radius 2 is 2.11 bits per heavy atom. The summed E-state index contributed by atoms with van der Waals surface area (Å²) < 4.78 is 0. The lowest BCUT2D eigenvalue weighted by Gasteiger charge is -2.30. The molecule has 1 aromatic carbocycles. The highest BCUT2D eigenvalue weighted by atomic mass is 16.3. The summed E-state index contributed by atoms with van der Waals surface area (Å²) in [5.41, 5.74) is 1.62. The van der Waals surface area contributed by atoms with Crippen LogP contribution >= 0.6 is 0 Å². The topological polar surface area (TPSA) is 52.6 Å². The van der Waals surface area contributed by atoms with Crippen LogP contribution in [0.3, 0.4) is 0 Å². The number of urea groups is 1. The van der Waals surface area contributed by atoms with Gasteiger partial charge >= 0.3 is 6.03 Å². The molecule has 0 aliphatic carbocycles. The van der Waals surface area contributed by atoms with Crippen molar-refractivity contribution in [1.29, 1.82) is 0 Å². The summed E-state index contributed by atoms with van der Waals surface area (Å²) in [6.07, 6.45) is 1.80. The standard InChI is InChI=1S/C15H22N2O2/c1-11-4-3-9-17(10-11)15(19)16-14-7-5-13(6-8-14)12(2)18/h5-8,11-12,18H,3-4,9-10H2,1-2H3,(H,16,19). The van der Waals surface area contributed by atoms with Gasteiger partial charge in [0.05, 0.1) is 6.10 Å². The van der Waals surface area contributed by atoms with E-state index in [1.54, 1.807) is 6.92 Å². The van der Waals surface area contributed by atoms with Gasteiger partial charge in [-0.1, -0.05) is 19.1 Å². The molecule has 2 unspecified atom stereocenters. The van der Waals surface area contributed by atoms with Gasteiger partial charge in [0.15, 0.2) is 0 Å². The van der Waals surface area contributed by atoms with Crippen LogP contribution in [0.4, 0.5) is 10.5 Å². The van der Waals surface area contributed by atoms with Crippen molar-refractivity contribution < 1.29 is 9.90 Å². The molecule has 0 radical (unpaired) electrons.